The number of rotatable bonds is 7. The molecule has 4 nitrogen and oxygen atoms in total. The number of amides is 1. The summed E-state index contributed by atoms with van der Waals surface area (Å²) >= 11 is 0. The highest BCUT2D eigenvalue weighted by atomic mass is 35.5. The molecule has 1 N–H and O–H groups in total. The molecule has 2 atom stereocenters. The number of carbonyl (C=O) groups excluding carboxylic acids is 1. The first-order chi connectivity index (χ1) is 12.1. The zero-order valence-corrected chi connectivity index (χ0v) is 18.5. The Hall–Kier alpha value is -0.810. The van der Waals surface area contributed by atoms with Crippen molar-refractivity contribution >= 4 is 30.7 Å². The Labute approximate surface area is 176 Å². The number of hydrogen-bond donors (Lipinski definition) is 1. The zero-order chi connectivity index (χ0) is 17.8. The second-order valence-electron chi connectivity index (χ2n) is 7.74. The summed E-state index contributed by atoms with van der Waals surface area (Å²) in [4.78, 5) is 17.3. The third kappa shape index (κ3) is 6.08. The minimum atomic E-state index is 0. The van der Waals surface area contributed by atoms with Gasteiger partial charge in [0.1, 0.15) is 0 Å². The van der Waals surface area contributed by atoms with Crippen LogP contribution in [0.3, 0.4) is 0 Å². The van der Waals surface area contributed by atoms with E-state index in [1.807, 2.05) is 24.1 Å². The van der Waals surface area contributed by atoms with Crippen molar-refractivity contribution in [2.75, 3.05) is 20.1 Å². The highest BCUT2D eigenvalue weighted by molar-refractivity contribution is 5.94. The molecule has 2 aliphatic rings. The Kier molecular flexibility index (Phi) is 10.1. The van der Waals surface area contributed by atoms with Crippen molar-refractivity contribution in [1.82, 2.24) is 15.1 Å². The molecule has 6 heteroatoms. The van der Waals surface area contributed by atoms with E-state index in [2.05, 4.69) is 36.2 Å². The summed E-state index contributed by atoms with van der Waals surface area (Å²) in [6.45, 7) is 7.57. The van der Waals surface area contributed by atoms with Gasteiger partial charge in [0.25, 0.3) is 5.91 Å². The molecule has 27 heavy (non-hydrogen) atoms. The highest BCUT2D eigenvalue weighted by Crippen LogP contribution is 2.29. The summed E-state index contributed by atoms with van der Waals surface area (Å²) in [5.74, 6) is 0.166. The topological polar surface area (TPSA) is 35.6 Å². The molecule has 2 bridgehead atoms. The minimum absolute atomic E-state index is 0. The smallest absolute Gasteiger partial charge is 0.253 e. The molecule has 2 aliphatic heterocycles. The van der Waals surface area contributed by atoms with E-state index in [0.717, 1.165) is 38.0 Å². The van der Waals surface area contributed by atoms with E-state index >= 15 is 0 Å². The van der Waals surface area contributed by atoms with E-state index in [0.29, 0.717) is 18.1 Å². The maximum Gasteiger partial charge on any atom is 0.253 e. The van der Waals surface area contributed by atoms with Crippen molar-refractivity contribution in [3.63, 3.8) is 0 Å². The molecule has 0 saturated carbocycles. The van der Waals surface area contributed by atoms with Crippen molar-refractivity contribution in [1.29, 1.82) is 0 Å². The Morgan fingerprint density at radius 1 is 1.07 bits per heavy atom. The molecule has 0 aromatic heterocycles. The molecule has 2 saturated heterocycles. The zero-order valence-electron chi connectivity index (χ0n) is 16.8. The number of piperidine rings is 1. The van der Waals surface area contributed by atoms with Crippen LogP contribution >= 0.6 is 24.8 Å². The van der Waals surface area contributed by atoms with Crippen molar-refractivity contribution in [3.05, 3.63) is 35.4 Å². The van der Waals surface area contributed by atoms with Crippen LogP contribution in [0.1, 0.15) is 61.9 Å². The molecule has 1 amide bonds. The molecule has 2 fully saturated rings. The van der Waals surface area contributed by atoms with Gasteiger partial charge in [-0.25, -0.2) is 0 Å². The van der Waals surface area contributed by atoms with E-state index in [1.165, 1.54) is 24.8 Å². The number of nitrogens with zero attached hydrogens (tertiary/aromatic N) is 2. The summed E-state index contributed by atoms with van der Waals surface area (Å²) in [5.41, 5.74) is 2.10. The van der Waals surface area contributed by atoms with Crippen LogP contribution in [0.4, 0.5) is 0 Å². The van der Waals surface area contributed by atoms with Crippen LogP contribution in [-0.2, 0) is 6.54 Å². The van der Waals surface area contributed by atoms with Crippen LogP contribution < -0.4 is 5.32 Å². The standard InChI is InChI=1S/C21H33N3O.2ClH/c1-4-12-24(5-2)15-16-6-8-17(9-7-16)21(25)23(3)20-13-18-10-11-19(14-20)22-18;;/h6-9,18-20,22H,4-5,10-15H2,1-3H3;2*1H. The van der Waals surface area contributed by atoms with Crippen LogP contribution in [0.5, 0.6) is 0 Å². The first-order valence-corrected chi connectivity index (χ1v) is 9.95. The van der Waals surface area contributed by atoms with Crippen LogP contribution in [0.25, 0.3) is 0 Å². The number of fused-ring (bicyclic) bond motifs is 2. The number of halogens is 2. The average Bonchev–Trinajstić information content (AvgIpc) is 2.98. The van der Waals surface area contributed by atoms with E-state index in [9.17, 15) is 4.79 Å². The normalized spacial score (nSPS) is 23.5. The van der Waals surface area contributed by atoms with Crippen LogP contribution in [0, 0.1) is 0 Å². The van der Waals surface area contributed by atoms with Gasteiger partial charge in [0.15, 0.2) is 0 Å². The summed E-state index contributed by atoms with van der Waals surface area (Å²) in [6, 6.07) is 9.84. The van der Waals surface area contributed by atoms with Crippen molar-refractivity contribution in [2.45, 2.75) is 70.6 Å². The molecule has 0 radical (unpaired) electrons. The molecule has 1 aromatic rings. The Bertz CT molecular complexity index is 569. The van der Waals surface area contributed by atoms with Gasteiger partial charge in [0, 0.05) is 37.3 Å². The van der Waals surface area contributed by atoms with E-state index in [1.54, 1.807) is 0 Å². The van der Waals surface area contributed by atoms with Gasteiger partial charge in [-0.2, -0.15) is 0 Å². The average molecular weight is 416 g/mol. The van der Waals surface area contributed by atoms with E-state index in [4.69, 9.17) is 0 Å². The van der Waals surface area contributed by atoms with Crippen molar-refractivity contribution in [3.8, 4) is 0 Å². The first-order valence-electron chi connectivity index (χ1n) is 9.95. The monoisotopic (exact) mass is 415 g/mol. The van der Waals surface area contributed by atoms with Crippen LogP contribution in [-0.4, -0.2) is 54.0 Å². The molecule has 154 valence electrons. The van der Waals surface area contributed by atoms with Gasteiger partial charge >= 0.3 is 0 Å². The predicted molar refractivity (Wildman–Crippen MR) is 117 cm³/mol. The third-order valence-electron chi connectivity index (χ3n) is 5.91. The number of carbonyl (C=O) groups is 1. The van der Waals surface area contributed by atoms with Crippen molar-refractivity contribution < 1.29 is 4.79 Å². The number of nitrogens with one attached hydrogen (secondary N) is 1. The fourth-order valence-electron chi connectivity index (χ4n) is 4.39. The lowest BCUT2D eigenvalue weighted by atomic mass is 9.98. The molecule has 0 spiro atoms. The van der Waals surface area contributed by atoms with Gasteiger partial charge in [-0.05, 0) is 62.9 Å². The van der Waals surface area contributed by atoms with E-state index in [-0.39, 0.29) is 30.7 Å². The fourth-order valence-corrected chi connectivity index (χ4v) is 4.39. The molecule has 0 aliphatic carbocycles. The quantitative estimate of drug-likeness (QED) is 0.727. The fraction of sp³-hybridized carbons (Fsp3) is 0.667. The molecule has 3 rings (SSSR count). The van der Waals surface area contributed by atoms with E-state index < -0.39 is 0 Å². The number of benzene rings is 1. The van der Waals surface area contributed by atoms with Gasteiger partial charge in [0.2, 0.25) is 0 Å². The minimum Gasteiger partial charge on any atom is -0.339 e. The second kappa shape index (κ2) is 11.3. The summed E-state index contributed by atoms with van der Waals surface area (Å²) in [6.07, 6.45) is 5.90. The van der Waals surface area contributed by atoms with Gasteiger partial charge in [0.05, 0.1) is 0 Å². The Morgan fingerprint density at radius 2 is 1.67 bits per heavy atom. The largest absolute Gasteiger partial charge is 0.339 e. The first kappa shape index (κ1) is 24.2. The molecular weight excluding hydrogens is 381 g/mol. The van der Waals surface area contributed by atoms with Gasteiger partial charge in [-0.15, -0.1) is 24.8 Å². The summed E-state index contributed by atoms with van der Waals surface area (Å²) in [5, 5.41) is 3.65. The predicted octanol–water partition coefficient (Wildman–Crippen LogP) is 4.12. The van der Waals surface area contributed by atoms with Crippen molar-refractivity contribution in [2.24, 2.45) is 0 Å². The molecule has 2 unspecified atom stereocenters. The SMILES string of the molecule is CCCN(CC)Cc1ccc(C(=O)N(C)C2CC3CCC(C2)N3)cc1.Cl.Cl. The van der Waals surface area contributed by atoms with Crippen LogP contribution in [0.2, 0.25) is 0 Å². The second-order valence-corrected chi connectivity index (χ2v) is 7.74. The van der Waals surface area contributed by atoms with Crippen LogP contribution in [0.15, 0.2) is 24.3 Å². The number of hydrogen-bond acceptors (Lipinski definition) is 3. The van der Waals surface area contributed by atoms with Gasteiger partial charge in [-0.3, -0.25) is 9.69 Å². The molecule has 2 heterocycles. The van der Waals surface area contributed by atoms with Gasteiger partial charge < -0.3 is 10.2 Å². The lowest BCUT2D eigenvalue weighted by molar-refractivity contribution is 0.0681. The lowest BCUT2D eigenvalue weighted by Crippen LogP contribution is -2.48. The summed E-state index contributed by atoms with van der Waals surface area (Å²) in [7, 11) is 1.98. The molecule has 1 aromatic carbocycles. The van der Waals surface area contributed by atoms with Gasteiger partial charge in [-0.1, -0.05) is 26.0 Å². The third-order valence-corrected chi connectivity index (χ3v) is 5.91. The maximum atomic E-state index is 12.9. The Balaban J connectivity index is 0.00000182. The highest BCUT2D eigenvalue weighted by Gasteiger charge is 2.36. The lowest BCUT2D eigenvalue weighted by Gasteiger charge is -2.35. The Morgan fingerprint density at radius 3 is 2.19 bits per heavy atom. The maximum absolute atomic E-state index is 12.9. The summed E-state index contributed by atoms with van der Waals surface area (Å²) < 4.78 is 0. The molecular formula is C21H35Cl2N3O.